The Morgan fingerprint density at radius 2 is 1.91 bits per heavy atom. The first-order valence-corrected chi connectivity index (χ1v) is 9.06. The van der Waals surface area contributed by atoms with E-state index in [0.717, 1.165) is 13.0 Å². The molecular formula is C15H21F3N2O2S. The maximum atomic E-state index is 12.8. The van der Waals surface area contributed by atoms with E-state index in [4.69, 9.17) is 0 Å². The Morgan fingerprint density at radius 1 is 1.26 bits per heavy atom. The van der Waals surface area contributed by atoms with Crippen LogP contribution in [-0.2, 0) is 16.4 Å². The fourth-order valence-electron chi connectivity index (χ4n) is 2.75. The lowest BCUT2D eigenvalue weighted by Gasteiger charge is -2.27. The number of halogens is 3. The molecule has 0 amide bonds. The van der Waals surface area contributed by atoms with Crippen molar-refractivity contribution in [1.29, 1.82) is 0 Å². The number of nitrogens with one attached hydrogen (secondary N) is 1. The van der Waals surface area contributed by atoms with E-state index in [-0.39, 0.29) is 16.5 Å². The van der Waals surface area contributed by atoms with Crippen molar-refractivity contribution in [3.63, 3.8) is 0 Å². The van der Waals surface area contributed by atoms with Crippen molar-refractivity contribution in [3.8, 4) is 0 Å². The molecule has 1 atom stereocenters. The summed E-state index contributed by atoms with van der Waals surface area (Å²) in [5.41, 5.74) is 0.0565. The van der Waals surface area contributed by atoms with Crippen molar-refractivity contribution >= 4 is 10.0 Å². The zero-order chi connectivity index (χ0) is 17.1. The van der Waals surface area contributed by atoms with Crippen molar-refractivity contribution < 1.29 is 21.6 Å². The molecule has 1 fully saturated rings. The minimum absolute atomic E-state index is 0.0452. The van der Waals surface area contributed by atoms with E-state index in [1.165, 1.54) is 28.6 Å². The number of nitrogens with zero attached hydrogens (tertiary/aromatic N) is 1. The molecule has 1 aliphatic rings. The lowest BCUT2D eigenvalue weighted by Crippen LogP contribution is -2.41. The second-order valence-electron chi connectivity index (χ2n) is 5.70. The fourth-order valence-corrected chi connectivity index (χ4v) is 4.50. The van der Waals surface area contributed by atoms with Gasteiger partial charge in [-0.25, -0.2) is 8.42 Å². The Hall–Kier alpha value is -1.12. The molecule has 0 radical (unpaired) electrons. The molecule has 0 bridgehead atoms. The molecule has 130 valence electrons. The molecule has 0 aliphatic carbocycles. The summed E-state index contributed by atoms with van der Waals surface area (Å²) in [6.07, 6.45) is -3.93. The first-order chi connectivity index (χ1) is 10.7. The van der Waals surface area contributed by atoms with Gasteiger partial charge in [-0.3, -0.25) is 0 Å². The van der Waals surface area contributed by atoms with Crippen molar-refractivity contribution in [2.45, 2.75) is 43.3 Å². The lowest BCUT2D eigenvalue weighted by atomic mass is 10.1. The van der Waals surface area contributed by atoms with Gasteiger partial charge in [0.25, 0.3) is 0 Å². The Morgan fingerprint density at radius 3 is 2.39 bits per heavy atom. The van der Waals surface area contributed by atoms with Gasteiger partial charge in [-0.1, -0.05) is 19.1 Å². The normalized spacial score (nSPS) is 19.4. The number of alkyl halides is 3. The molecule has 2 rings (SSSR count). The standard InChI is InChI=1S/C15H21F3N2O2S/c1-2-9-20(13-7-8-19-11-13)23(21,22)14-5-3-12(4-6-14)10-15(16,17)18/h3-6,13,19H,2,7-11H2,1H3. The highest BCUT2D eigenvalue weighted by Crippen LogP contribution is 2.25. The molecule has 4 nitrogen and oxygen atoms in total. The van der Waals surface area contributed by atoms with Crippen LogP contribution < -0.4 is 5.32 Å². The van der Waals surface area contributed by atoms with E-state index in [0.29, 0.717) is 19.5 Å². The first-order valence-electron chi connectivity index (χ1n) is 7.62. The molecule has 1 aliphatic heterocycles. The molecule has 8 heteroatoms. The van der Waals surface area contributed by atoms with Crippen LogP contribution in [0.2, 0.25) is 0 Å². The third kappa shape index (κ3) is 4.68. The zero-order valence-electron chi connectivity index (χ0n) is 12.9. The minimum Gasteiger partial charge on any atom is -0.315 e. The van der Waals surface area contributed by atoms with Gasteiger partial charge in [-0.15, -0.1) is 0 Å². The average molecular weight is 350 g/mol. The van der Waals surface area contributed by atoms with E-state index in [9.17, 15) is 21.6 Å². The van der Waals surface area contributed by atoms with Crippen LogP contribution in [0.3, 0.4) is 0 Å². The molecule has 1 N–H and O–H groups in total. The highest BCUT2D eigenvalue weighted by molar-refractivity contribution is 7.89. The minimum atomic E-state index is -4.30. The van der Waals surface area contributed by atoms with E-state index in [1.54, 1.807) is 0 Å². The van der Waals surface area contributed by atoms with Crippen LogP contribution in [0, 0.1) is 0 Å². The smallest absolute Gasteiger partial charge is 0.315 e. The molecular weight excluding hydrogens is 329 g/mol. The average Bonchev–Trinajstić information content (AvgIpc) is 2.97. The highest BCUT2D eigenvalue weighted by atomic mass is 32.2. The van der Waals surface area contributed by atoms with Crippen LogP contribution in [0.1, 0.15) is 25.3 Å². The van der Waals surface area contributed by atoms with Gasteiger partial charge in [-0.05, 0) is 37.1 Å². The summed E-state index contributed by atoms with van der Waals surface area (Å²) in [5, 5.41) is 3.14. The summed E-state index contributed by atoms with van der Waals surface area (Å²) in [6, 6.07) is 4.90. The van der Waals surface area contributed by atoms with Gasteiger partial charge in [0, 0.05) is 19.1 Å². The molecule has 1 heterocycles. The number of hydrogen-bond acceptors (Lipinski definition) is 3. The van der Waals surface area contributed by atoms with Gasteiger partial charge in [0.1, 0.15) is 0 Å². The van der Waals surface area contributed by atoms with Crippen molar-refractivity contribution in [2.75, 3.05) is 19.6 Å². The fraction of sp³-hybridized carbons (Fsp3) is 0.600. The number of hydrogen-bond donors (Lipinski definition) is 1. The number of sulfonamides is 1. The van der Waals surface area contributed by atoms with Crippen LogP contribution >= 0.6 is 0 Å². The Balaban J connectivity index is 2.23. The largest absolute Gasteiger partial charge is 0.393 e. The van der Waals surface area contributed by atoms with Gasteiger partial charge in [0.15, 0.2) is 0 Å². The van der Waals surface area contributed by atoms with Gasteiger partial charge < -0.3 is 5.32 Å². The summed E-state index contributed by atoms with van der Waals surface area (Å²) in [5.74, 6) is 0. The van der Waals surface area contributed by atoms with Gasteiger partial charge >= 0.3 is 6.18 Å². The SMILES string of the molecule is CCCN(C1CCNC1)S(=O)(=O)c1ccc(CC(F)(F)F)cc1. The molecule has 0 aromatic heterocycles. The second-order valence-corrected chi connectivity index (χ2v) is 7.59. The maximum Gasteiger partial charge on any atom is 0.393 e. The summed E-state index contributed by atoms with van der Waals surface area (Å²) in [6.45, 7) is 3.67. The molecule has 1 unspecified atom stereocenters. The molecule has 0 saturated carbocycles. The van der Waals surface area contributed by atoms with Crippen LogP contribution in [-0.4, -0.2) is 44.6 Å². The third-order valence-corrected chi connectivity index (χ3v) is 5.79. The van der Waals surface area contributed by atoms with Crippen molar-refractivity contribution in [1.82, 2.24) is 9.62 Å². The predicted molar refractivity (Wildman–Crippen MR) is 81.7 cm³/mol. The number of benzene rings is 1. The summed E-state index contributed by atoms with van der Waals surface area (Å²) >= 11 is 0. The van der Waals surface area contributed by atoms with E-state index < -0.39 is 22.6 Å². The number of rotatable bonds is 6. The summed E-state index contributed by atoms with van der Waals surface area (Å²) < 4.78 is 64.2. The summed E-state index contributed by atoms with van der Waals surface area (Å²) in [4.78, 5) is 0.0452. The highest BCUT2D eigenvalue weighted by Gasteiger charge is 2.33. The molecule has 1 aromatic rings. The quantitative estimate of drug-likeness (QED) is 0.858. The zero-order valence-corrected chi connectivity index (χ0v) is 13.8. The van der Waals surface area contributed by atoms with Crippen LogP contribution in [0.4, 0.5) is 13.2 Å². The monoisotopic (exact) mass is 350 g/mol. The van der Waals surface area contributed by atoms with E-state index >= 15 is 0 Å². The predicted octanol–water partition coefficient (Wildman–Crippen LogP) is 2.55. The molecule has 23 heavy (non-hydrogen) atoms. The Kier molecular flexibility index (Phi) is 5.70. The van der Waals surface area contributed by atoms with Crippen molar-refractivity contribution in [3.05, 3.63) is 29.8 Å². The van der Waals surface area contributed by atoms with Crippen LogP contribution in [0.5, 0.6) is 0 Å². The third-order valence-electron chi connectivity index (χ3n) is 3.82. The van der Waals surface area contributed by atoms with Crippen LogP contribution in [0.25, 0.3) is 0 Å². The van der Waals surface area contributed by atoms with Gasteiger partial charge in [-0.2, -0.15) is 17.5 Å². The summed E-state index contributed by atoms with van der Waals surface area (Å²) in [7, 11) is -3.70. The van der Waals surface area contributed by atoms with E-state index in [1.807, 2.05) is 6.92 Å². The molecule has 1 aromatic carbocycles. The molecule has 0 spiro atoms. The first kappa shape index (κ1) is 18.2. The Labute approximate surface area is 134 Å². The molecule has 1 saturated heterocycles. The van der Waals surface area contributed by atoms with Gasteiger partial charge in [0.2, 0.25) is 10.0 Å². The van der Waals surface area contributed by atoms with Gasteiger partial charge in [0.05, 0.1) is 11.3 Å². The van der Waals surface area contributed by atoms with E-state index in [2.05, 4.69) is 5.32 Å². The second kappa shape index (κ2) is 7.19. The lowest BCUT2D eigenvalue weighted by molar-refractivity contribution is -0.127. The Bertz CT molecular complexity index is 609. The van der Waals surface area contributed by atoms with Crippen LogP contribution in [0.15, 0.2) is 29.2 Å². The van der Waals surface area contributed by atoms with Crippen molar-refractivity contribution in [2.24, 2.45) is 0 Å². The topological polar surface area (TPSA) is 49.4 Å². The maximum absolute atomic E-state index is 12.8.